The smallest absolute Gasteiger partial charge is 0.391 e. The molecule has 0 radical (unpaired) electrons. The van der Waals surface area contributed by atoms with Gasteiger partial charge in [0, 0.05) is 15.3 Å². The van der Waals surface area contributed by atoms with Crippen molar-refractivity contribution in [2.24, 2.45) is 11.5 Å². The molecule has 160 valence electrons. The van der Waals surface area contributed by atoms with Crippen LogP contribution in [-0.2, 0) is 0 Å². The molecule has 10 heteroatoms. The number of nitrogens with one attached hydrogen (secondary N) is 1. The number of aryl methyl sites for hydroxylation is 1. The summed E-state index contributed by atoms with van der Waals surface area (Å²) >= 11 is 7.29. The Labute approximate surface area is 186 Å². The van der Waals surface area contributed by atoms with Crippen molar-refractivity contribution in [2.75, 3.05) is 0 Å². The number of primary amides is 1. The Balaban J connectivity index is 0.000000248. The minimum atomic E-state index is -0.686. The Bertz CT molecular complexity index is 1120. The third-order valence-corrected chi connectivity index (χ3v) is 5.57. The first-order chi connectivity index (χ1) is 14.0. The van der Waals surface area contributed by atoms with E-state index < -0.39 is 17.7 Å². The van der Waals surface area contributed by atoms with Gasteiger partial charge < -0.3 is 15.9 Å². The van der Waals surface area contributed by atoms with Crippen molar-refractivity contribution in [1.82, 2.24) is 10.2 Å². The van der Waals surface area contributed by atoms with Crippen LogP contribution in [0.5, 0.6) is 0 Å². The molecule has 0 aliphatic carbocycles. The Morgan fingerprint density at radius 2 is 1.97 bits per heavy atom. The SMILES string of the molecule is Cc1ccc(F)c(C(C)C(N)c2n[nH]c(=O)o2)c1C.NC(=O)c1cc(Br)ccc1S. The zero-order chi connectivity index (χ0) is 22.6. The maximum absolute atomic E-state index is 14.0. The van der Waals surface area contributed by atoms with Crippen LogP contribution in [-0.4, -0.2) is 16.1 Å². The molecule has 1 aromatic heterocycles. The summed E-state index contributed by atoms with van der Waals surface area (Å²) in [7, 11) is 0. The predicted octanol–water partition coefficient (Wildman–Crippen LogP) is 3.76. The van der Waals surface area contributed by atoms with Crippen molar-refractivity contribution < 1.29 is 13.6 Å². The molecule has 1 heterocycles. The molecule has 0 saturated carbocycles. The maximum atomic E-state index is 14.0. The number of hydrogen-bond donors (Lipinski definition) is 4. The van der Waals surface area contributed by atoms with Crippen LogP contribution < -0.4 is 17.2 Å². The van der Waals surface area contributed by atoms with Gasteiger partial charge in [-0.2, -0.15) is 0 Å². The number of halogens is 2. The highest BCUT2D eigenvalue weighted by Crippen LogP contribution is 2.32. The van der Waals surface area contributed by atoms with E-state index in [1.807, 2.05) is 13.8 Å². The summed E-state index contributed by atoms with van der Waals surface area (Å²) in [5, 5.41) is 5.84. The Morgan fingerprint density at radius 3 is 2.50 bits per heavy atom. The fourth-order valence-electron chi connectivity index (χ4n) is 2.85. The molecule has 2 aromatic carbocycles. The zero-order valence-corrected chi connectivity index (χ0v) is 19.1. The molecular formula is C20H22BrFN4O3S. The highest BCUT2D eigenvalue weighted by atomic mass is 79.9. The molecule has 0 saturated heterocycles. The lowest BCUT2D eigenvalue weighted by Gasteiger charge is -2.20. The summed E-state index contributed by atoms with van der Waals surface area (Å²) in [6.45, 7) is 5.53. The minimum Gasteiger partial charge on any atom is -0.391 e. The molecule has 0 fully saturated rings. The fourth-order valence-corrected chi connectivity index (χ4v) is 3.46. The van der Waals surface area contributed by atoms with Gasteiger partial charge in [-0.1, -0.05) is 28.9 Å². The molecule has 2 atom stereocenters. The monoisotopic (exact) mass is 496 g/mol. The van der Waals surface area contributed by atoms with Gasteiger partial charge in [-0.15, -0.1) is 17.7 Å². The van der Waals surface area contributed by atoms with Crippen LogP contribution in [0.4, 0.5) is 4.39 Å². The molecule has 3 rings (SSSR count). The first kappa shape index (κ1) is 23.8. The second-order valence-electron chi connectivity index (χ2n) is 6.69. The topological polar surface area (TPSA) is 128 Å². The van der Waals surface area contributed by atoms with Gasteiger partial charge in [0.25, 0.3) is 0 Å². The van der Waals surface area contributed by atoms with Gasteiger partial charge in [0.1, 0.15) is 5.82 Å². The van der Waals surface area contributed by atoms with E-state index in [0.29, 0.717) is 16.0 Å². The van der Waals surface area contributed by atoms with Gasteiger partial charge in [-0.05, 0) is 54.8 Å². The van der Waals surface area contributed by atoms with E-state index in [9.17, 15) is 14.0 Å². The van der Waals surface area contributed by atoms with Crippen molar-refractivity contribution in [3.05, 3.63) is 79.3 Å². The van der Waals surface area contributed by atoms with Crippen LogP contribution in [0.15, 0.2) is 48.9 Å². The number of hydrogen-bond acceptors (Lipinski definition) is 6. The summed E-state index contributed by atoms with van der Waals surface area (Å²) in [5.74, 6) is -1.72. The molecule has 3 aromatic rings. The van der Waals surface area contributed by atoms with Gasteiger partial charge in [0.05, 0.1) is 11.6 Å². The third kappa shape index (κ3) is 5.59. The third-order valence-electron chi connectivity index (χ3n) is 4.69. The normalized spacial score (nSPS) is 12.6. The van der Waals surface area contributed by atoms with Crippen LogP contribution in [0.25, 0.3) is 0 Å². The van der Waals surface area contributed by atoms with Gasteiger partial charge in [-0.25, -0.2) is 14.3 Å². The van der Waals surface area contributed by atoms with Crippen molar-refractivity contribution in [2.45, 2.75) is 37.6 Å². The van der Waals surface area contributed by atoms with Crippen LogP contribution >= 0.6 is 28.6 Å². The van der Waals surface area contributed by atoms with Gasteiger partial charge in [0.2, 0.25) is 11.8 Å². The number of H-pyrrole nitrogens is 1. The van der Waals surface area contributed by atoms with Crippen molar-refractivity contribution in [3.8, 4) is 0 Å². The number of carbonyl (C=O) groups excluding carboxylic acids is 1. The lowest BCUT2D eigenvalue weighted by Crippen LogP contribution is -2.20. The molecule has 0 aliphatic rings. The maximum Gasteiger partial charge on any atom is 0.434 e. The second-order valence-corrected chi connectivity index (χ2v) is 8.09. The van der Waals surface area contributed by atoms with Crippen LogP contribution in [0.3, 0.4) is 0 Å². The molecular weight excluding hydrogens is 475 g/mol. The second kappa shape index (κ2) is 10.1. The van der Waals surface area contributed by atoms with E-state index >= 15 is 0 Å². The molecule has 0 spiro atoms. The van der Waals surface area contributed by atoms with Crippen LogP contribution in [0.2, 0.25) is 0 Å². The standard InChI is InChI=1S/C13H16FN3O2.C7H6BrNOS/c1-6-4-5-9(14)10(7(6)2)8(3)11(15)12-16-17-13(18)19-12;8-4-1-2-6(11)5(3-4)7(9)10/h4-5,8,11H,15H2,1-3H3,(H,17,18);1-3,11H,(H2,9,10). The van der Waals surface area contributed by atoms with Crippen molar-refractivity contribution in [1.29, 1.82) is 0 Å². The Kier molecular flexibility index (Phi) is 7.99. The summed E-state index contributed by atoms with van der Waals surface area (Å²) in [5.41, 5.74) is 13.9. The first-order valence-electron chi connectivity index (χ1n) is 8.87. The quantitative estimate of drug-likeness (QED) is 0.408. The lowest BCUT2D eigenvalue weighted by atomic mass is 9.88. The largest absolute Gasteiger partial charge is 0.434 e. The highest BCUT2D eigenvalue weighted by Gasteiger charge is 2.25. The van der Waals surface area contributed by atoms with Crippen molar-refractivity contribution in [3.63, 3.8) is 0 Å². The first-order valence-corrected chi connectivity index (χ1v) is 10.1. The van der Waals surface area contributed by atoms with Crippen LogP contribution in [0, 0.1) is 19.7 Å². The molecule has 1 amide bonds. The Morgan fingerprint density at radius 1 is 1.30 bits per heavy atom. The van der Waals surface area contributed by atoms with Gasteiger partial charge >= 0.3 is 5.76 Å². The Hall–Kier alpha value is -2.43. The number of carbonyl (C=O) groups is 1. The number of aromatic amines is 1. The minimum absolute atomic E-state index is 0.0813. The van der Waals surface area contributed by atoms with Gasteiger partial charge in [-0.3, -0.25) is 4.79 Å². The number of benzene rings is 2. The number of rotatable bonds is 4. The highest BCUT2D eigenvalue weighted by molar-refractivity contribution is 9.10. The van der Waals surface area contributed by atoms with E-state index in [-0.39, 0.29) is 17.6 Å². The molecule has 7 nitrogen and oxygen atoms in total. The summed E-state index contributed by atoms with van der Waals surface area (Å²) in [6.07, 6.45) is 0. The molecule has 2 unspecified atom stereocenters. The van der Waals surface area contributed by atoms with Gasteiger partial charge in [0.15, 0.2) is 0 Å². The summed E-state index contributed by atoms with van der Waals surface area (Å²) < 4.78 is 19.6. The van der Waals surface area contributed by atoms with Crippen LogP contribution in [0.1, 0.15) is 51.8 Å². The number of amides is 1. The lowest BCUT2D eigenvalue weighted by molar-refractivity contribution is 0.0997. The number of nitrogens with zero attached hydrogens (tertiary/aromatic N) is 1. The van der Waals surface area contributed by atoms with E-state index in [1.54, 1.807) is 31.2 Å². The van der Waals surface area contributed by atoms with E-state index in [0.717, 1.165) is 15.6 Å². The molecule has 30 heavy (non-hydrogen) atoms. The molecule has 0 aliphatic heterocycles. The molecule has 0 bridgehead atoms. The van der Waals surface area contributed by atoms with E-state index in [1.165, 1.54) is 6.07 Å². The number of aromatic nitrogens is 2. The average molecular weight is 497 g/mol. The molecule has 5 N–H and O–H groups in total. The van der Waals surface area contributed by atoms with E-state index in [2.05, 4.69) is 38.8 Å². The fraction of sp³-hybridized carbons (Fsp3) is 0.250. The van der Waals surface area contributed by atoms with E-state index in [4.69, 9.17) is 15.9 Å². The average Bonchev–Trinajstić information content (AvgIpc) is 3.13. The summed E-state index contributed by atoms with van der Waals surface area (Å²) in [6, 6.07) is 7.61. The van der Waals surface area contributed by atoms with Crippen molar-refractivity contribution >= 4 is 34.5 Å². The number of nitrogens with two attached hydrogens (primary N) is 2. The number of thiol groups is 1. The predicted molar refractivity (Wildman–Crippen MR) is 118 cm³/mol. The summed E-state index contributed by atoms with van der Waals surface area (Å²) in [4.78, 5) is 22.3. The zero-order valence-electron chi connectivity index (χ0n) is 16.6.